The lowest BCUT2D eigenvalue weighted by atomic mass is 9.90. The quantitative estimate of drug-likeness (QED) is 0.862. The van der Waals surface area contributed by atoms with Crippen LogP contribution in [0.2, 0.25) is 0 Å². The van der Waals surface area contributed by atoms with Gasteiger partial charge in [-0.15, -0.1) is 0 Å². The van der Waals surface area contributed by atoms with Gasteiger partial charge in [-0.3, -0.25) is 4.98 Å². The number of nitrogens with zero attached hydrogens (tertiary/aromatic N) is 1. The predicted molar refractivity (Wildman–Crippen MR) is 85.8 cm³/mol. The van der Waals surface area contributed by atoms with Crippen LogP contribution in [0.5, 0.6) is 5.75 Å². The molecule has 5 nitrogen and oxygen atoms in total. The van der Waals surface area contributed by atoms with E-state index in [4.69, 9.17) is 4.74 Å². The number of halogens is 3. The molecule has 1 aromatic heterocycles. The van der Waals surface area contributed by atoms with E-state index in [9.17, 15) is 21.6 Å². The molecule has 1 N–H and O–H groups in total. The van der Waals surface area contributed by atoms with E-state index in [1.54, 1.807) is 6.07 Å². The first kappa shape index (κ1) is 17.3. The van der Waals surface area contributed by atoms with E-state index >= 15 is 0 Å². The molecule has 2 aliphatic rings. The summed E-state index contributed by atoms with van der Waals surface area (Å²) in [4.78, 5) is 2.14. The molecule has 0 amide bonds. The molecule has 0 aliphatic carbocycles. The highest BCUT2D eigenvalue weighted by molar-refractivity contribution is 7.91. The Morgan fingerprint density at radius 1 is 1.23 bits per heavy atom. The Balaban J connectivity index is 1.78. The number of pyridine rings is 1. The van der Waals surface area contributed by atoms with Crippen molar-refractivity contribution in [2.45, 2.75) is 34.4 Å². The standard InChI is InChI=1S/C17H15F3N2O3S/c18-17(19,20)16-15(2-1-6-22-16)26(23,24)10-3-4-11-12-5-7-21-9-14(12)25-13(11)8-10/h1-4,6,8,12,14,21H,5,7,9H2. The Kier molecular flexibility index (Phi) is 3.96. The number of alkyl halides is 3. The molecule has 2 aromatic rings. The van der Waals surface area contributed by atoms with Crippen molar-refractivity contribution in [2.24, 2.45) is 0 Å². The fourth-order valence-electron chi connectivity index (χ4n) is 3.51. The zero-order chi connectivity index (χ0) is 18.5. The number of ether oxygens (including phenoxy) is 1. The minimum absolute atomic E-state index is 0.0826. The summed E-state index contributed by atoms with van der Waals surface area (Å²) in [5.41, 5.74) is -0.517. The fourth-order valence-corrected chi connectivity index (χ4v) is 4.95. The number of aromatic nitrogens is 1. The van der Waals surface area contributed by atoms with Gasteiger partial charge in [0.15, 0.2) is 5.69 Å². The second-order valence-corrected chi connectivity index (χ2v) is 8.22. The number of benzene rings is 1. The number of rotatable bonds is 2. The summed E-state index contributed by atoms with van der Waals surface area (Å²) >= 11 is 0. The first-order valence-electron chi connectivity index (χ1n) is 8.07. The van der Waals surface area contributed by atoms with E-state index < -0.39 is 26.6 Å². The summed E-state index contributed by atoms with van der Waals surface area (Å²) in [6.07, 6.45) is -3.16. The molecule has 138 valence electrons. The Morgan fingerprint density at radius 3 is 2.81 bits per heavy atom. The summed E-state index contributed by atoms with van der Waals surface area (Å²) in [7, 11) is -4.39. The molecule has 9 heteroatoms. The van der Waals surface area contributed by atoms with Crippen molar-refractivity contribution in [3.8, 4) is 5.75 Å². The van der Waals surface area contributed by atoms with Crippen LogP contribution in [0.3, 0.4) is 0 Å². The van der Waals surface area contributed by atoms with Crippen molar-refractivity contribution in [3.63, 3.8) is 0 Å². The van der Waals surface area contributed by atoms with Crippen molar-refractivity contribution < 1.29 is 26.3 Å². The number of nitrogens with one attached hydrogen (secondary N) is 1. The lowest BCUT2D eigenvalue weighted by Gasteiger charge is -2.24. The van der Waals surface area contributed by atoms with E-state index in [1.165, 1.54) is 18.2 Å². The molecular formula is C17H15F3N2O3S. The van der Waals surface area contributed by atoms with Crippen LogP contribution in [-0.2, 0) is 16.0 Å². The van der Waals surface area contributed by atoms with Gasteiger partial charge in [0.25, 0.3) is 0 Å². The highest BCUT2D eigenvalue weighted by atomic mass is 32.2. The van der Waals surface area contributed by atoms with E-state index in [-0.39, 0.29) is 16.9 Å². The molecule has 1 saturated heterocycles. The SMILES string of the molecule is O=S(=O)(c1ccc2c(c1)OC1CNCCC21)c1cccnc1C(F)(F)F. The first-order chi connectivity index (χ1) is 12.3. The molecule has 0 saturated carbocycles. The average Bonchev–Trinajstić information content (AvgIpc) is 2.99. The Morgan fingerprint density at radius 2 is 2.04 bits per heavy atom. The van der Waals surface area contributed by atoms with Crippen LogP contribution in [0, 0.1) is 0 Å². The molecule has 0 bridgehead atoms. The Hall–Kier alpha value is -2.13. The highest BCUT2D eigenvalue weighted by Crippen LogP contribution is 2.43. The van der Waals surface area contributed by atoms with Crippen LogP contribution < -0.4 is 10.1 Å². The van der Waals surface area contributed by atoms with Gasteiger partial charge in [-0.2, -0.15) is 13.2 Å². The van der Waals surface area contributed by atoms with Gasteiger partial charge in [-0.25, -0.2) is 8.42 Å². The minimum Gasteiger partial charge on any atom is -0.488 e. The molecule has 2 unspecified atom stereocenters. The van der Waals surface area contributed by atoms with Crippen molar-refractivity contribution in [2.75, 3.05) is 13.1 Å². The highest BCUT2D eigenvalue weighted by Gasteiger charge is 2.40. The molecule has 4 rings (SSSR count). The fraction of sp³-hybridized carbons (Fsp3) is 0.353. The van der Waals surface area contributed by atoms with E-state index in [0.29, 0.717) is 12.3 Å². The number of hydrogen-bond donors (Lipinski definition) is 1. The van der Waals surface area contributed by atoms with E-state index in [1.807, 2.05) is 0 Å². The zero-order valence-electron chi connectivity index (χ0n) is 13.5. The number of sulfone groups is 1. The summed E-state index contributed by atoms with van der Waals surface area (Å²) < 4.78 is 70.9. The number of fused-ring (bicyclic) bond motifs is 3. The van der Waals surface area contributed by atoms with Gasteiger partial charge in [0.1, 0.15) is 16.7 Å². The van der Waals surface area contributed by atoms with Crippen molar-refractivity contribution in [3.05, 3.63) is 47.8 Å². The van der Waals surface area contributed by atoms with E-state index in [0.717, 1.165) is 30.8 Å². The van der Waals surface area contributed by atoms with Gasteiger partial charge >= 0.3 is 6.18 Å². The second-order valence-electron chi connectivity index (χ2n) is 6.31. The van der Waals surface area contributed by atoms with Crippen LogP contribution in [0.15, 0.2) is 46.3 Å². The molecule has 26 heavy (non-hydrogen) atoms. The van der Waals surface area contributed by atoms with E-state index in [2.05, 4.69) is 10.3 Å². The lowest BCUT2D eigenvalue weighted by molar-refractivity contribution is -0.143. The Bertz CT molecular complexity index is 960. The molecule has 0 spiro atoms. The first-order valence-corrected chi connectivity index (χ1v) is 9.55. The van der Waals surface area contributed by atoms with Gasteiger partial charge in [0.2, 0.25) is 9.84 Å². The van der Waals surface area contributed by atoms with Gasteiger partial charge in [-0.05, 0) is 37.2 Å². The summed E-state index contributed by atoms with van der Waals surface area (Å²) in [5, 5.41) is 3.21. The monoisotopic (exact) mass is 384 g/mol. The topological polar surface area (TPSA) is 68.3 Å². The summed E-state index contributed by atoms with van der Waals surface area (Å²) in [6, 6.07) is 6.39. The van der Waals surface area contributed by atoms with Crippen molar-refractivity contribution in [1.82, 2.24) is 10.3 Å². The molecule has 1 aromatic carbocycles. The molecule has 2 atom stereocenters. The number of hydrogen-bond acceptors (Lipinski definition) is 5. The maximum absolute atomic E-state index is 13.2. The maximum atomic E-state index is 13.2. The molecular weight excluding hydrogens is 369 g/mol. The Labute approximate surface area is 148 Å². The second kappa shape index (κ2) is 5.95. The molecule has 1 fully saturated rings. The van der Waals surface area contributed by atoms with Crippen LogP contribution >= 0.6 is 0 Å². The largest absolute Gasteiger partial charge is 0.488 e. The molecule has 2 aliphatic heterocycles. The third kappa shape index (κ3) is 2.75. The molecule has 0 radical (unpaired) electrons. The maximum Gasteiger partial charge on any atom is 0.434 e. The van der Waals surface area contributed by atoms with Crippen LogP contribution in [0.25, 0.3) is 0 Å². The smallest absolute Gasteiger partial charge is 0.434 e. The molecule has 3 heterocycles. The summed E-state index contributed by atoms with van der Waals surface area (Å²) in [5.74, 6) is 0.592. The predicted octanol–water partition coefficient (Wildman–Crippen LogP) is 2.77. The van der Waals surface area contributed by atoms with Crippen LogP contribution in [0.1, 0.15) is 23.6 Å². The normalized spacial score (nSPS) is 22.4. The van der Waals surface area contributed by atoms with Gasteiger partial charge in [0, 0.05) is 24.2 Å². The third-order valence-corrected chi connectivity index (χ3v) is 6.51. The van der Waals surface area contributed by atoms with Crippen molar-refractivity contribution in [1.29, 1.82) is 0 Å². The van der Waals surface area contributed by atoms with Gasteiger partial charge in [0.05, 0.1) is 4.90 Å². The van der Waals surface area contributed by atoms with Crippen LogP contribution in [0.4, 0.5) is 13.2 Å². The lowest BCUT2D eigenvalue weighted by Crippen LogP contribution is -2.39. The van der Waals surface area contributed by atoms with Gasteiger partial charge < -0.3 is 10.1 Å². The minimum atomic E-state index is -4.86. The van der Waals surface area contributed by atoms with Crippen LogP contribution in [-0.4, -0.2) is 32.6 Å². The average molecular weight is 384 g/mol. The van der Waals surface area contributed by atoms with Crippen molar-refractivity contribution >= 4 is 9.84 Å². The zero-order valence-corrected chi connectivity index (χ0v) is 14.3. The summed E-state index contributed by atoms with van der Waals surface area (Å²) in [6.45, 7) is 1.50. The number of piperidine rings is 1. The van der Waals surface area contributed by atoms with Gasteiger partial charge in [-0.1, -0.05) is 6.07 Å². The third-order valence-electron chi connectivity index (χ3n) is 4.73.